The van der Waals surface area contributed by atoms with Crippen LogP contribution in [0, 0.1) is 13.8 Å². The van der Waals surface area contributed by atoms with E-state index in [0.29, 0.717) is 20.3 Å². The highest BCUT2D eigenvalue weighted by Crippen LogP contribution is 2.35. The van der Waals surface area contributed by atoms with E-state index >= 15 is 0 Å². The van der Waals surface area contributed by atoms with Crippen LogP contribution < -0.4 is 19.6 Å². The smallest absolute Gasteiger partial charge is 0.271 e. The number of carbonyl (C=O) groups is 1. The highest BCUT2D eigenvalue weighted by atomic mass is 79.9. The second-order valence-corrected chi connectivity index (χ2v) is 8.58. The first-order valence-corrected chi connectivity index (χ1v) is 10.9. The molecule has 7 nitrogen and oxygen atoms in total. The fraction of sp³-hybridized carbons (Fsp3) is 0.182. The number of amides is 1. The first kappa shape index (κ1) is 21.5. The number of hydrogen-bond acceptors (Lipinski definition) is 5. The van der Waals surface area contributed by atoms with Crippen molar-refractivity contribution in [3.05, 3.63) is 67.9 Å². The normalized spacial score (nSPS) is 12.4. The number of methoxy groups -OCH3 is 1. The lowest BCUT2D eigenvalue weighted by atomic mass is 10.2. The third-order valence-electron chi connectivity index (χ3n) is 4.92. The molecule has 2 aromatic carbocycles. The molecular formula is C22H19Br2N3O4. The summed E-state index contributed by atoms with van der Waals surface area (Å²) in [5.74, 6) is 1.76. The number of aryl methyl sites for hydroxylation is 1. The van der Waals surface area contributed by atoms with Crippen molar-refractivity contribution in [3.8, 4) is 22.9 Å². The Morgan fingerprint density at radius 2 is 1.84 bits per heavy atom. The lowest BCUT2D eigenvalue weighted by Crippen LogP contribution is -2.17. The summed E-state index contributed by atoms with van der Waals surface area (Å²) in [6, 6.07) is 11.2. The molecule has 0 bridgehead atoms. The molecule has 2 heterocycles. The van der Waals surface area contributed by atoms with Gasteiger partial charge < -0.3 is 18.8 Å². The molecule has 0 spiro atoms. The van der Waals surface area contributed by atoms with Crippen LogP contribution in [-0.2, 0) is 0 Å². The van der Waals surface area contributed by atoms with E-state index in [0.717, 1.165) is 34.1 Å². The summed E-state index contributed by atoms with van der Waals surface area (Å²) in [4.78, 5) is 12.5. The highest BCUT2D eigenvalue weighted by Gasteiger charge is 2.17. The second-order valence-electron chi connectivity index (χ2n) is 6.87. The second kappa shape index (κ2) is 8.76. The summed E-state index contributed by atoms with van der Waals surface area (Å²) in [6.07, 6.45) is 1.64. The topological polar surface area (TPSA) is 74.1 Å². The van der Waals surface area contributed by atoms with E-state index in [1.54, 1.807) is 25.5 Å². The minimum Gasteiger partial charge on any atom is -0.494 e. The Bertz CT molecular complexity index is 1180. The molecule has 1 amide bonds. The van der Waals surface area contributed by atoms with Crippen molar-refractivity contribution in [1.82, 2.24) is 9.99 Å². The molecular weight excluding hydrogens is 530 g/mol. The van der Waals surface area contributed by atoms with Crippen molar-refractivity contribution < 1.29 is 19.0 Å². The maximum Gasteiger partial charge on any atom is 0.271 e. The van der Waals surface area contributed by atoms with E-state index < -0.39 is 0 Å². The molecule has 0 fully saturated rings. The van der Waals surface area contributed by atoms with Crippen LogP contribution in [0.15, 0.2) is 50.4 Å². The molecule has 0 radical (unpaired) electrons. The molecule has 3 aromatic rings. The monoisotopic (exact) mass is 547 g/mol. The number of halogens is 2. The number of aromatic nitrogens is 1. The van der Waals surface area contributed by atoms with Gasteiger partial charge in [-0.2, -0.15) is 5.10 Å². The predicted molar refractivity (Wildman–Crippen MR) is 125 cm³/mol. The van der Waals surface area contributed by atoms with E-state index in [-0.39, 0.29) is 12.7 Å². The number of benzene rings is 2. The number of nitrogens with zero attached hydrogens (tertiary/aromatic N) is 2. The molecule has 0 atom stereocenters. The van der Waals surface area contributed by atoms with Gasteiger partial charge in [0.2, 0.25) is 6.79 Å². The largest absolute Gasteiger partial charge is 0.494 e. The Balaban J connectivity index is 1.53. The molecule has 9 heteroatoms. The quantitative estimate of drug-likeness (QED) is 0.355. The molecule has 0 unspecified atom stereocenters. The van der Waals surface area contributed by atoms with Crippen LogP contribution in [0.3, 0.4) is 0 Å². The minimum absolute atomic E-state index is 0.237. The van der Waals surface area contributed by atoms with E-state index in [1.165, 1.54) is 0 Å². The van der Waals surface area contributed by atoms with Gasteiger partial charge in [0.25, 0.3) is 5.91 Å². The standard InChI is InChI=1S/C22H19Br2N3O4/c1-12-6-15(13(2)27(12)16-4-5-19-20(9-16)31-11-30-19)10-25-26-22(28)14-7-17(23)21(29-3)18(24)8-14/h4-10H,11H2,1-3H3,(H,26,28)/b25-10+. The lowest BCUT2D eigenvalue weighted by molar-refractivity contribution is 0.0955. The number of fused-ring (bicyclic) bond motifs is 1. The molecule has 0 aliphatic carbocycles. The van der Waals surface area contributed by atoms with Gasteiger partial charge in [0.1, 0.15) is 5.75 Å². The van der Waals surface area contributed by atoms with Gasteiger partial charge in [0.05, 0.1) is 22.3 Å². The SMILES string of the molecule is COc1c(Br)cc(C(=O)N/N=C/c2cc(C)n(-c3ccc4c(c3)OCO4)c2C)cc1Br. The van der Waals surface area contributed by atoms with E-state index in [2.05, 4.69) is 47.0 Å². The Kier molecular flexibility index (Phi) is 6.06. The Morgan fingerprint density at radius 3 is 2.55 bits per heavy atom. The first-order valence-electron chi connectivity index (χ1n) is 9.34. The van der Waals surface area contributed by atoms with Crippen LogP contribution in [0.1, 0.15) is 27.3 Å². The van der Waals surface area contributed by atoms with Crippen molar-refractivity contribution in [1.29, 1.82) is 0 Å². The molecule has 1 aliphatic rings. The summed E-state index contributed by atoms with van der Waals surface area (Å²) in [7, 11) is 1.56. The third-order valence-corrected chi connectivity index (χ3v) is 6.10. The van der Waals surface area contributed by atoms with Crippen LogP contribution in [0.4, 0.5) is 0 Å². The van der Waals surface area contributed by atoms with Gasteiger partial charge >= 0.3 is 0 Å². The number of hydrogen-bond donors (Lipinski definition) is 1. The highest BCUT2D eigenvalue weighted by molar-refractivity contribution is 9.11. The average molecular weight is 549 g/mol. The average Bonchev–Trinajstić information content (AvgIpc) is 3.31. The van der Waals surface area contributed by atoms with Crippen LogP contribution in [0.2, 0.25) is 0 Å². The minimum atomic E-state index is -0.329. The molecule has 0 saturated carbocycles. The third kappa shape index (κ3) is 4.20. The fourth-order valence-corrected chi connectivity index (χ4v) is 4.96. The van der Waals surface area contributed by atoms with Crippen molar-refractivity contribution in [2.75, 3.05) is 13.9 Å². The van der Waals surface area contributed by atoms with Gasteiger partial charge in [-0.1, -0.05) is 0 Å². The maximum absolute atomic E-state index is 12.5. The zero-order valence-electron chi connectivity index (χ0n) is 17.0. The van der Waals surface area contributed by atoms with Gasteiger partial charge in [-0.15, -0.1) is 0 Å². The number of carbonyl (C=O) groups excluding carboxylic acids is 1. The summed E-state index contributed by atoms with van der Waals surface area (Å²) in [5, 5.41) is 4.14. The number of ether oxygens (including phenoxy) is 3. The molecule has 1 aliphatic heterocycles. The van der Waals surface area contributed by atoms with E-state index in [9.17, 15) is 4.79 Å². The fourth-order valence-electron chi connectivity index (χ4n) is 3.45. The maximum atomic E-state index is 12.5. The molecule has 1 aromatic heterocycles. The zero-order chi connectivity index (χ0) is 22.1. The summed E-state index contributed by atoms with van der Waals surface area (Å²) in [6.45, 7) is 4.25. The predicted octanol–water partition coefficient (Wildman–Crippen LogP) is 5.12. The number of rotatable bonds is 5. The Hall–Kier alpha value is -2.78. The number of nitrogens with one attached hydrogen (secondary N) is 1. The van der Waals surface area contributed by atoms with Gasteiger partial charge in [0, 0.05) is 34.3 Å². The van der Waals surface area contributed by atoms with Crippen LogP contribution >= 0.6 is 31.9 Å². The Morgan fingerprint density at radius 1 is 1.13 bits per heavy atom. The molecule has 0 saturated heterocycles. The van der Waals surface area contributed by atoms with Crippen molar-refractivity contribution in [3.63, 3.8) is 0 Å². The van der Waals surface area contributed by atoms with E-state index in [4.69, 9.17) is 14.2 Å². The molecule has 1 N–H and O–H groups in total. The van der Waals surface area contributed by atoms with Crippen LogP contribution in [-0.4, -0.2) is 30.6 Å². The zero-order valence-corrected chi connectivity index (χ0v) is 20.2. The number of hydrazone groups is 1. The Labute approximate surface area is 196 Å². The summed E-state index contributed by atoms with van der Waals surface area (Å²) in [5.41, 5.74) is 6.91. The van der Waals surface area contributed by atoms with Crippen LogP contribution in [0.5, 0.6) is 17.2 Å². The molecule has 160 valence electrons. The summed E-state index contributed by atoms with van der Waals surface area (Å²) < 4.78 is 19.6. The van der Waals surface area contributed by atoms with E-state index in [1.807, 2.05) is 38.1 Å². The van der Waals surface area contributed by atoms with Crippen molar-refractivity contribution in [2.24, 2.45) is 5.10 Å². The summed E-state index contributed by atoms with van der Waals surface area (Å²) >= 11 is 6.80. The van der Waals surface area contributed by atoms with Crippen molar-refractivity contribution >= 4 is 44.0 Å². The first-order chi connectivity index (χ1) is 14.9. The molecule has 31 heavy (non-hydrogen) atoms. The lowest BCUT2D eigenvalue weighted by Gasteiger charge is -2.10. The molecule has 4 rings (SSSR count). The van der Waals surface area contributed by atoms with Gasteiger partial charge in [-0.25, -0.2) is 5.43 Å². The van der Waals surface area contributed by atoms with Crippen LogP contribution in [0.25, 0.3) is 5.69 Å². The van der Waals surface area contributed by atoms with Gasteiger partial charge in [0.15, 0.2) is 11.5 Å². The van der Waals surface area contributed by atoms with Gasteiger partial charge in [-0.3, -0.25) is 4.79 Å². The van der Waals surface area contributed by atoms with Crippen molar-refractivity contribution in [2.45, 2.75) is 13.8 Å². The van der Waals surface area contributed by atoms with Gasteiger partial charge in [-0.05, 0) is 76.0 Å².